The van der Waals surface area contributed by atoms with Crippen LogP contribution in [-0.2, 0) is 0 Å². The van der Waals surface area contributed by atoms with Crippen LogP contribution in [-0.4, -0.2) is 28.5 Å². The van der Waals surface area contributed by atoms with Crippen LogP contribution in [0.2, 0.25) is 0 Å². The van der Waals surface area contributed by atoms with Crippen molar-refractivity contribution in [3.8, 4) is 0 Å². The van der Waals surface area contributed by atoms with Crippen LogP contribution in [0.15, 0.2) is 23.2 Å². The number of fused-ring (bicyclic) bond motifs is 1. The van der Waals surface area contributed by atoms with Crippen molar-refractivity contribution in [1.29, 1.82) is 0 Å². The van der Waals surface area contributed by atoms with Crippen molar-refractivity contribution in [2.24, 2.45) is 0 Å². The maximum atomic E-state index is 10.4. The molecule has 0 aliphatic carbocycles. The molecular weight excluding hydrogens is 212 g/mol. The van der Waals surface area contributed by atoms with E-state index in [9.17, 15) is 4.79 Å². The second-order valence-corrected chi connectivity index (χ2v) is 4.54. The van der Waals surface area contributed by atoms with Crippen molar-refractivity contribution < 1.29 is 9.90 Å². The molecule has 2 heterocycles. The van der Waals surface area contributed by atoms with Crippen molar-refractivity contribution in [2.75, 3.05) is 12.3 Å². The zero-order valence-electron chi connectivity index (χ0n) is 8.14. The lowest BCUT2D eigenvalue weighted by Gasteiger charge is -2.23. The van der Waals surface area contributed by atoms with E-state index in [1.165, 1.54) is 4.90 Å². The lowest BCUT2D eigenvalue weighted by atomic mass is 10.0. The summed E-state index contributed by atoms with van der Waals surface area (Å²) in [5.74, 6) is 1.25. The molecule has 5 heteroatoms. The van der Waals surface area contributed by atoms with Crippen molar-refractivity contribution in [1.82, 2.24) is 10.3 Å². The molecule has 2 rings (SSSR count). The first-order valence-electron chi connectivity index (χ1n) is 4.82. The fourth-order valence-corrected chi connectivity index (χ4v) is 2.85. The van der Waals surface area contributed by atoms with Gasteiger partial charge in [-0.1, -0.05) is 0 Å². The van der Waals surface area contributed by atoms with Gasteiger partial charge in [-0.3, -0.25) is 4.98 Å². The van der Waals surface area contributed by atoms with Gasteiger partial charge in [0.1, 0.15) is 0 Å². The third-order valence-electron chi connectivity index (χ3n) is 2.41. The molecule has 1 aliphatic heterocycles. The van der Waals surface area contributed by atoms with Crippen LogP contribution in [0.4, 0.5) is 4.79 Å². The Morgan fingerprint density at radius 3 is 3.40 bits per heavy atom. The molecule has 0 saturated carbocycles. The highest BCUT2D eigenvalue weighted by Gasteiger charge is 2.21. The zero-order chi connectivity index (χ0) is 10.7. The third-order valence-corrected chi connectivity index (χ3v) is 3.51. The van der Waals surface area contributed by atoms with E-state index >= 15 is 0 Å². The topological polar surface area (TPSA) is 62.2 Å². The van der Waals surface area contributed by atoms with Crippen LogP contribution < -0.4 is 5.32 Å². The zero-order valence-corrected chi connectivity index (χ0v) is 8.96. The summed E-state index contributed by atoms with van der Waals surface area (Å²) < 4.78 is 0. The van der Waals surface area contributed by atoms with Gasteiger partial charge in [-0.15, -0.1) is 11.8 Å². The quantitative estimate of drug-likeness (QED) is 0.805. The van der Waals surface area contributed by atoms with Gasteiger partial charge < -0.3 is 10.4 Å². The molecule has 0 radical (unpaired) electrons. The highest BCUT2D eigenvalue weighted by molar-refractivity contribution is 7.99. The Bertz CT molecular complexity index is 370. The predicted octanol–water partition coefficient (Wildman–Crippen LogP) is 1.93. The van der Waals surface area contributed by atoms with Crippen LogP contribution in [0.25, 0.3) is 0 Å². The Balaban J connectivity index is 2.11. The number of hydrogen-bond acceptors (Lipinski definition) is 3. The van der Waals surface area contributed by atoms with Gasteiger partial charge >= 0.3 is 6.09 Å². The summed E-state index contributed by atoms with van der Waals surface area (Å²) in [7, 11) is 0. The van der Waals surface area contributed by atoms with Gasteiger partial charge in [0.05, 0.1) is 5.69 Å². The van der Waals surface area contributed by atoms with Crippen LogP contribution >= 0.6 is 11.8 Å². The summed E-state index contributed by atoms with van der Waals surface area (Å²) in [6.07, 6.45) is 1.78. The molecule has 4 nitrogen and oxygen atoms in total. The van der Waals surface area contributed by atoms with Crippen molar-refractivity contribution in [3.05, 3.63) is 24.0 Å². The van der Waals surface area contributed by atoms with Crippen LogP contribution in [0.3, 0.4) is 0 Å². The summed E-state index contributed by atoms with van der Waals surface area (Å²) in [5, 5.41) is 11.0. The molecule has 0 saturated heterocycles. The second-order valence-electron chi connectivity index (χ2n) is 3.41. The van der Waals surface area contributed by atoms with E-state index in [0.29, 0.717) is 6.54 Å². The van der Waals surface area contributed by atoms with Crippen LogP contribution in [0, 0.1) is 0 Å². The van der Waals surface area contributed by atoms with E-state index in [1.807, 2.05) is 12.1 Å². The van der Waals surface area contributed by atoms with Crippen molar-refractivity contribution in [3.63, 3.8) is 0 Å². The fraction of sp³-hybridized carbons (Fsp3) is 0.400. The van der Waals surface area contributed by atoms with Gasteiger partial charge in [-0.25, -0.2) is 4.79 Å². The SMILES string of the molecule is O=C(O)NCC1CCSc2cccnc21. The molecule has 1 aliphatic rings. The van der Waals surface area contributed by atoms with Crippen molar-refractivity contribution >= 4 is 17.9 Å². The predicted molar refractivity (Wildman–Crippen MR) is 58.3 cm³/mol. The number of rotatable bonds is 2. The number of pyridine rings is 1. The molecule has 1 atom stereocenters. The minimum Gasteiger partial charge on any atom is -0.465 e. The summed E-state index contributed by atoms with van der Waals surface area (Å²) in [6.45, 7) is 0.458. The molecule has 2 N–H and O–H groups in total. The molecule has 1 unspecified atom stereocenters. The van der Waals surface area contributed by atoms with E-state index in [2.05, 4.69) is 10.3 Å². The molecule has 1 amide bonds. The van der Waals surface area contributed by atoms with E-state index < -0.39 is 6.09 Å². The molecule has 0 bridgehead atoms. The molecule has 0 spiro atoms. The molecule has 0 fully saturated rings. The number of carbonyl (C=O) groups is 1. The Labute approximate surface area is 92.1 Å². The third kappa shape index (κ3) is 2.41. The number of hydrogen-bond donors (Lipinski definition) is 2. The largest absolute Gasteiger partial charge is 0.465 e. The van der Waals surface area contributed by atoms with Gasteiger partial charge in [0.15, 0.2) is 0 Å². The summed E-state index contributed by atoms with van der Waals surface area (Å²) in [4.78, 5) is 15.9. The second kappa shape index (κ2) is 4.53. The Morgan fingerprint density at radius 1 is 1.73 bits per heavy atom. The fourth-order valence-electron chi connectivity index (χ4n) is 1.69. The number of nitrogens with zero attached hydrogens (tertiary/aromatic N) is 1. The van der Waals surface area contributed by atoms with E-state index in [4.69, 9.17) is 5.11 Å². The number of aromatic nitrogens is 1. The Morgan fingerprint density at radius 2 is 2.60 bits per heavy atom. The van der Waals surface area contributed by atoms with Gasteiger partial charge in [0.2, 0.25) is 0 Å². The average Bonchev–Trinajstić information content (AvgIpc) is 2.26. The average molecular weight is 224 g/mol. The van der Waals surface area contributed by atoms with Gasteiger partial charge in [-0.05, 0) is 24.3 Å². The minimum atomic E-state index is -0.967. The van der Waals surface area contributed by atoms with Gasteiger partial charge in [0, 0.05) is 23.6 Å². The van der Waals surface area contributed by atoms with Gasteiger partial charge in [-0.2, -0.15) is 0 Å². The number of thioether (sulfide) groups is 1. The van der Waals surface area contributed by atoms with E-state index in [-0.39, 0.29) is 5.92 Å². The smallest absolute Gasteiger partial charge is 0.404 e. The summed E-state index contributed by atoms with van der Waals surface area (Å²) in [6, 6.07) is 3.96. The molecule has 80 valence electrons. The summed E-state index contributed by atoms with van der Waals surface area (Å²) >= 11 is 1.79. The monoisotopic (exact) mass is 224 g/mol. The first-order valence-corrected chi connectivity index (χ1v) is 5.80. The molecule has 1 aromatic heterocycles. The lowest BCUT2D eigenvalue weighted by Crippen LogP contribution is -2.28. The highest BCUT2D eigenvalue weighted by atomic mass is 32.2. The molecule has 1 aromatic rings. The first-order chi connectivity index (χ1) is 7.27. The van der Waals surface area contributed by atoms with E-state index in [1.54, 1.807) is 18.0 Å². The first kappa shape index (κ1) is 10.3. The normalized spacial score (nSPS) is 19.3. The molecule has 0 aromatic carbocycles. The maximum absolute atomic E-state index is 10.4. The Hall–Kier alpha value is -1.23. The van der Waals surface area contributed by atoms with Crippen molar-refractivity contribution in [2.45, 2.75) is 17.2 Å². The Kier molecular flexibility index (Phi) is 3.11. The lowest BCUT2D eigenvalue weighted by molar-refractivity contribution is 0.193. The standard InChI is InChI=1S/C10H12N2O2S/c13-10(14)12-6-7-3-5-15-8-2-1-4-11-9(7)8/h1-2,4,7,12H,3,5-6H2,(H,13,14). The van der Waals surface area contributed by atoms with Crippen LogP contribution in [0.1, 0.15) is 18.0 Å². The highest BCUT2D eigenvalue weighted by Crippen LogP contribution is 2.35. The minimum absolute atomic E-state index is 0.221. The van der Waals surface area contributed by atoms with Gasteiger partial charge in [0.25, 0.3) is 0 Å². The van der Waals surface area contributed by atoms with Crippen LogP contribution in [0.5, 0.6) is 0 Å². The summed E-state index contributed by atoms with van der Waals surface area (Å²) in [5.41, 5.74) is 1.03. The number of nitrogens with one attached hydrogen (secondary N) is 1. The number of carboxylic acid groups (broad SMARTS) is 1. The molecular formula is C10H12N2O2S. The number of amides is 1. The van der Waals surface area contributed by atoms with E-state index in [0.717, 1.165) is 17.9 Å². The maximum Gasteiger partial charge on any atom is 0.404 e. The molecule has 15 heavy (non-hydrogen) atoms.